The summed E-state index contributed by atoms with van der Waals surface area (Å²) in [5.41, 5.74) is 3.42. The Hall–Kier alpha value is -3.01. The molecule has 2 aromatic heterocycles. The van der Waals surface area contributed by atoms with E-state index in [0.29, 0.717) is 31.9 Å². The predicted octanol–water partition coefficient (Wildman–Crippen LogP) is 5.37. The number of hydrogen-bond donors (Lipinski definition) is 2. The molecule has 2 N–H and O–H groups in total. The van der Waals surface area contributed by atoms with Gasteiger partial charge in [0.15, 0.2) is 0 Å². The highest BCUT2D eigenvalue weighted by Crippen LogP contribution is 2.34. The molecule has 1 atom stereocenters. The van der Waals surface area contributed by atoms with Gasteiger partial charge < -0.3 is 9.08 Å². The van der Waals surface area contributed by atoms with Crippen molar-refractivity contribution in [2.75, 3.05) is 19.3 Å². The molecule has 0 amide bonds. The van der Waals surface area contributed by atoms with Gasteiger partial charge in [-0.2, -0.15) is 13.5 Å². The van der Waals surface area contributed by atoms with E-state index in [1.807, 2.05) is 24.1 Å². The highest BCUT2D eigenvalue weighted by atomic mass is 32.2. The monoisotopic (exact) mass is 628 g/mol. The molecular weight excluding hydrogens is 596 g/mol. The van der Waals surface area contributed by atoms with Gasteiger partial charge in [-0.25, -0.2) is 27.2 Å². The fraction of sp³-hybridized carbons (Fsp3) is 0.481. The number of benzene rings is 1. The first kappa shape index (κ1) is 30.4. The van der Waals surface area contributed by atoms with E-state index in [1.54, 1.807) is 23.6 Å². The van der Waals surface area contributed by atoms with Crippen LogP contribution in [0.25, 0.3) is 6.20 Å². The third-order valence-electron chi connectivity index (χ3n) is 7.62. The standard InChI is InChI=1S/C27H32F4N6O3S2/c1-15-10-23(40-42(3,38)39)19-13-33-26(32-12-18(19)16(15)2)21-14-41-27(34-21)17-4-6-36(7-5-17)8-9-37-22(25(30)31)11-20(35-37)24(28)29/h8-11,14,17,24-26,32-33H,4-7,12-13H2,1-3H3. The Morgan fingerprint density at radius 2 is 1.74 bits per heavy atom. The lowest BCUT2D eigenvalue weighted by Crippen LogP contribution is -2.31. The van der Waals surface area contributed by atoms with E-state index in [4.69, 9.17) is 9.17 Å². The van der Waals surface area contributed by atoms with Crippen LogP contribution in [0.5, 0.6) is 5.75 Å². The lowest BCUT2D eigenvalue weighted by atomic mass is 9.96. The third kappa shape index (κ3) is 6.79. The van der Waals surface area contributed by atoms with E-state index in [-0.39, 0.29) is 12.1 Å². The number of fused-ring (bicyclic) bond motifs is 1. The average molecular weight is 629 g/mol. The predicted molar refractivity (Wildman–Crippen MR) is 151 cm³/mol. The molecule has 0 saturated carbocycles. The van der Waals surface area contributed by atoms with Crippen LogP contribution in [-0.2, 0) is 23.2 Å². The summed E-state index contributed by atoms with van der Waals surface area (Å²) >= 11 is 1.58. The summed E-state index contributed by atoms with van der Waals surface area (Å²) in [6.45, 7) is 6.16. The highest BCUT2D eigenvalue weighted by molar-refractivity contribution is 7.86. The van der Waals surface area contributed by atoms with Gasteiger partial charge in [-0.3, -0.25) is 10.6 Å². The topological polar surface area (TPSA) is 101 Å². The molecule has 0 aliphatic carbocycles. The second-order valence-electron chi connectivity index (χ2n) is 10.5. The molecule has 9 nitrogen and oxygen atoms in total. The molecule has 1 unspecified atom stereocenters. The van der Waals surface area contributed by atoms with Crippen LogP contribution in [0, 0.1) is 13.8 Å². The number of aryl methyl sites for hydroxylation is 1. The largest absolute Gasteiger partial charge is 0.382 e. The molecule has 2 aliphatic heterocycles. The summed E-state index contributed by atoms with van der Waals surface area (Å²) in [6.07, 6.45) is -0.550. The smallest absolute Gasteiger partial charge is 0.306 e. The third-order valence-corrected chi connectivity index (χ3v) is 9.13. The van der Waals surface area contributed by atoms with Gasteiger partial charge in [0.2, 0.25) is 0 Å². The Labute approximate surface area is 245 Å². The number of aromatic nitrogens is 3. The molecule has 3 aromatic rings. The van der Waals surface area contributed by atoms with Crippen LogP contribution < -0.4 is 14.8 Å². The molecule has 5 rings (SSSR count). The number of likely N-dealkylation sites (tertiary alicyclic amines) is 1. The SMILES string of the molecule is Cc1cc(OS(C)(=O)=O)c2c(c1C)CNC(c1csc(C3CCN(C=Cn4nc(C(F)F)cc4C(F)F)CC3)n1)NC2. The summed E-state index contributed by atoms with van der Waals surface area (Å²) < 4.78 is 82.2. The van der Waals surface area contributed by atoms with Crippen molar-refractivity contribution >= 4 is 27.7 Å². The van der Waals surface area contributed by atoms with Crippen LogP contribution in [0.4, 0.5) is 17.6 Å². The van der Waals surface area contributed by atoms with Gasteiger partial charge in [-0.1, -0.05) is 0 Å². The molecule has 228 valence electrons. The summed E-state index contributed by atoms with van der Waals surface area (Å²) in [4.78, 5) is 6.87. The molecule has 1 fully saturated rings. The van der Waals surface area contributed by atoms with Crippen molar-refractivity contribution in [3.63, 3.8) is 0 Å². The fourth-order valence-electron chi connectivity index (χ4n) is 5.26. The van der Waals surface area contributed by atoms with Crippen LogP contribution in [0.15, 0.2) is 23.7 Å². The van der Waals surface area contributed by atoms with Crippen molar-refractivity contribution in [2.24, 2.45) is 0 Å². The fourth-order valence-corrected chi connectivity index (χ4v) is 6.75. The number of hydrogen-bond acceptors (Lipinski definition) is 9. The first-order chi connectivity index (χ1) is 19.9. The second-order valence-corrected chi connectivity index (χ2v) is 13.0. The van der Waals surface area contributed by atoms with Crippen LogP contribution in [0.2, 0.25) is 0 Å². The molecule has 1 saturated heterocycles. The first-order valence-electron chi connectivity index (χ1n) is 13.4. The van der Waals surface area contributed by atoms with E-state index in [9.17, 15) is 26.0 Å². The maximum atomic E-state index is 13.3. The zero-order chi connectivity index (χ0) is 30.2. The van der Waals surface area contributed by atoms with Gasteiger partial charge in [-0.15, -0.1) is 11.3 Å². The number of nitrogens with one attached hydrogen (secondary N) is 2. The normalized spacial score (nSPS) is 18.7. The minimum Gasteiger partial charge on any atom is -0.382 e. The zero-order valence-electron chi connectivity index (χ0n) is 23.3. The van der Waals surface area contributed by atoms with Crippen LogP contribution >= 0.6 is 11.3 Å². The van der Waals surface area contributed by atoms with Gasteiger partial charge in [-0.05, 0) is 55.5 Å². The quantitative estimate of drug-likeness (QED) is 0.254. The van der Waals surface area contributed by atoms with Crippen molar-refractivity contribution in [3.05, 3.63) is 68.1 Å². The van der Waals surface area contributed by atoms with E-state index < -0.39 is 34.4 Å². The Morgan fingerprint density at radius 1 is 1.05 bits per heavy atom. The maximum absolute atomic E-state index is 13.3. The van der Waals surface area contributed by atoms with Gasteiger partial charge in [0.05, 0.1) is 17.0 Å². The minimum absolute atomic E-state index is 0.225. The van der Waals surface area contributed by atoms with Crippen LogP contribution in [0.3, 0.4) is 0 Å². The van der Waals surface area contributed by atoms with E-state index >= 15 is 0 Å². The number of piperidine rings is 1. The number of halogens is 4. The summed E-state index contributed by atoms with van der Waals surface area (Å²) in [5, 5.41) is 13.5. The van der Waals surface area contributed by atoms with Gasteiger partial charge >= 0.3 is 10.1 Å². The Morgan fingerprint density at radius 3 is 2.38 bits per heavy atom. The molecule has 0 spiro atoms. The van der Waals surface area contributed by atoms with Crippen molar-refractivity contribution < 1.29 is 30.2 Å². The molecule has 1 aromatic carbocycles. The van der Waals surface area contributed by atoms with Crippen LogP contribution in [-0.4, -0.2) is 47.4 Å². The minimum atomic E-state index is -3.68. The molecule has 0 radical (unpaired) electrons. The molecular formula is C27H32F4N6O3S2. The molecule has 15 heteroatoms. The number of nitrogens with zero attached hydrogens (tertiary/aromatic N) is 4. The number of alkyl halides is 4. The number of rotatable bonds is 8. The summed E-state index contributed by atoms with van der Waals surface area (Å²) in [6, 6.07) is 2.49. The molecule has 0 bridgehead atoms. The Kier molecular flexibility index (Phi) is 8.92. The highest BCUT2D eigenvalue weighted by Gasteiger charge is 2.27. The van der Waals surface area contributed by atoms with Gasteiger partial charge in [0.1, 0.15) is 23.3 Å². The first-order valence-corrected chi connectivity index (χ1v) is 16.1. The lowest BCUT2D eigenvalue weighted by molar-refractivity contribution is 0.143. The molecule has 4 heterocycles. The Bertz CT molecular complexity index is 1570. The lowest BCUT2D eigenvalue weighted by Gasteiger charge is -2.30. The van der Waals surface area contributed by atoms with Crippen molar-refractivity contribution in [2.45, 2.75) is 64.7 Å². The van der Waals surface area contributed by atoms with Crippen LogP contribution in [0.1, 0.15) is 82.1 Å². The van der Waals surface area contributed by atoms with Crippen molar-refractivity contribution in [3.8, 4) is 5.75 Å². The van der Waals surface area contributed by atoms with Crippen molar-refractivity contribution in [1.82, 2.24) is 30.3 Å². The van der Waals surface area contributed by atoms with E-state index in [2.05, 4.69) is 15.7 Å². The second kappa shape index (κ2) is 12.3. The Balaban J connectivity index is 1.22. The zero-order valence-corrected chi connectivity index (χ0v) is 24.9. The molecule has 2 aliphatic rings. The van der Waals surface area contributed by atoms with Crippen molar-refractivity contribution in [1.29, 1.82) is 0 Å². The number of thiazole rings is 1. The summed E-state index contributed by atoms with van der Waals surface area (Å²) in [7, 11) is -3.68. The molecule has 42 heavy (non-hydrogen) atoms. The van der Waals surface area contributed by atoms with Gasteiger partial charge in [0.25, 0.3) is 12.9 Å². The summed E-state index contributed by atoms with van der Waals surface area (Å²) in [5.74, 6) is 0.556. The van der Waals surface area contributed by atoms with Gasteiger partial charge in [0, 0.05) is 55.4 Å². The van der Waals surface area contributed by atoms with E-state index in [0.717, 1.165) is 62.8 Å². The average Bonchev–Trinajstić information content (AvgIpc) is 3.53. The van der Waals surface area contributed by atoms with E-state index in [1.165, 1.54) is 6.20 Å². The maximum Gasteiger partial charge on any atom is 0.306 e.